The lowest BCUT2D eigenvalue weighted by atomic mass is 9.89. The number of rotatable bonds is 7. The molecule has 30 heavy (non-hydrogen) atoms. The lowest BCUT2D eigenvalue weighted by molar-refractivity contribution is -0.148. The molecule has 3 atom stereocenters. The maximum atomic E-state index is 13.6. The molecule has 3 rings (SSSR count). The van der Waals surface area contributed by atoms with Gasteiger partial charge in [-0.3, -0.25) is 14.4 Å². The summed E-state index contributed by atoms with van der Waals surface area (Å²) in [6.07, 6.45) is 0.959. The van der Waals surface area contributed by atoms with Gasteiger partial charge in [0, 0.05) is 19.0 Å². The zero-order valence-electron chi connectivity index (χ0n) is 16.6. The number of aliphatic carboxylic acids is 1. The van der Waals surface area contributed by atoms with E-state index in [-0.39, 0.29) is 10.9 Å². The van der Waals surface area contributed by atoms with Crippen LogP contribution in [-0.2, 0) is 14.4 Å². The highest BCUT2D eigenvalue weighted by Gasteiger charge is 2.43. The first-order chi connectivity index (χ1) is 14.4. The zero-order valence-corrected chi connectivity index (χ0v) is 17.4. The molecule has 1 fully saturated rings. The number of thioether (sulfide) groups is 1. The molecule has 2 aromatic rings. The first-order valence-corrected chi connectivity index (χ1v) is 10.6. The Morgan fingerprint density at radius 2 is 1.60 bits per heavy atom. The van der Waals surface area contributed by atoms with Gasteiger partial charge in [0.1, 0.15) is 6.04 Å². The molecule has 1 saturated heterocycles. The van der Waals surface area contributed by atoms with Crippen molar-refractivity contribution in [1.82, 2.24) is 4.90 Å². The number of carbonyl (C=O) groups is 4. The molecule has 1 amide bonds. The lowest BCUT2D eigenvalue weighted by Gasteiger charge is -2.31. The third-order valence-electron chi connectivity index (χ3n) is 5.16. The number of carboxylic acid groups (broad SMARTS) is 1. The summed E-state index contributed by atoms with van der Waals surface area (Å²) in [5.74, 6) is -2.79. The molecule has 1 aliphatic heterocycles. The fourth-order valence-electron chi connectivity index (χ4n) is 3.79. The van der Waals surface area contributed by atoms with Gasteiger partial charge < -0.3 is 10.0 Å². The lowest BCUT2D eigenvalue weighted by Crippen LogP contribution is -2.46. The van der Waals surface area contributed by atoms with E-state index in [9.17, 15) is 24.3 Å². The molecule has 156 valence electrons. The molecule has 1 heterocycles. The molecule has 6 nitrogen and oxygen atoms in total. The Morgan fingerprint density at radius 1 is 1.00 bits per heavy atom. The van der Waals surface area contributed by atoms with E-state index in [1.54, 1.807) is 60.7 Å². The van der Waals surface area contributed by atoms with Crippen LogP contribution in [0.5, 0.6) is 0 Å². The fraction of sp³-hybridized carbons (Fsp3) is 0.304. The highest BCUT2D eigenvalue weighted by molar-refractivity contribution is 8.14. The minimum Gasteiger partial charge on any atom is -0.480 e. The molecular formula is C23H23NO5S. The van der Waals surface area contributed by atoms with Crippen molar-refractivity contribution in [3.8, 4) is 0 Å². The SMILES string of the molecule is CC(=O)SC(C(=O)c1ccccc1)C(C(=O)N1CCC[C@H]1C(=O)O)c1ccccc1. The predicted molar refractivity (Wildman–Crippen MR) is 114 cm³/mol. The van der Waals surface area contributed by atoms with E-state index in [2.05, 4.69) is 0 Å². The first-order valence-electron chi connectivity index (χ1n) is 9.75. The van der Waals surface area contributed by atoms with Crippen molar-refractivity contribution in [3.63, 3.8) is 0 Å². The monoisotopic (exact) mass is 425 g/mol. The summed E-state index contributed by atoms with van der Waals surface area (Å²) in [5.41, 5.74) is 0.989. The van der Waals surface area contributed by atoms with Gasteiger partial charge in [-0.1, -0.05) is 72.4 Å². The first kappa shape index (κ1) is 21.8. The van der Waals surface area contributed by atoms with Crippen molar-refractivity contribution in [2.45, 2.75) is 37.0 Å². The van der Waals surface area contributed by atoms with Gasteiger partial charge in [-0.15, -0.1) is 0 Å². The third-order valence-corrected chi connectivity index (χ3v) is 6.23. The quantitative estimate of drug-likeness (QED) is 0.684. The van der Waals surface area contributed by atoms with Crippen LogP contribution in [0.15, 0.2) is 60.7 Å². The molecule has 1 aliphatic rings. The molecular weight excluding hydrogens is 402 g/mol. The summed E-state index contributed by atoms with van der Waals surface area (Å²) in [7, 11) is 0. The standard InChI is InChI=1S/C23H23NO5S/c1-15(25)30-21(20(26)17-11-6-3-7-12-17)19(16-9-4-2-5-10-16)22(27)24-14-8-13-18(24)23(28)29/h2-7,9-12,18-19,21H,8,13-14H2,1H3,(H,28,29)/t18-,19?,21?/m0/s1. The van der Waals surface area contributed by atoms with Crippen LogP contribution in [0.4, 0.5) is 0 Å². The minimum atomic E-state index is -1.06. The van der Waals surface area contributed by atoms with E-state index < -0.39 is 29.1 Å². The van der Waals surface area contributed by atoms with Gasteiger partial charge >= 0.3 is 5.97 Å². The van der Waals surface area contributed by atoms with E-state index in [4.69, 9.17) is 0 Å². The van der Waals surface area contributed by atoms with Gasteiger partial charge in [-0.2, -0.15) is 0 Å². The van der Waals surface area contributed by atoms with E-state index in [1.807, 2.05) is 0 Å². The van der Waals surface area contributed by atoms with Crippen molar-refractivity contribution >= 4 is 34.5 Å². The Bertz CT molecular complexity index is 931. The summed E-state index contributed by atoms with van der Waals surface area (Å²) in [4.78, 5) is 52.0. The zero-order chi connectivity index (χ0) is 21.7. The van der Waals surface area contributed by atoms with Crippen LogP contribution in [0.3, 0.4) is 0 Å². The van der Waals surface area contributed by atoms with Gasteiger partial charge in [-0.25, -0.2) is 4.79 Å². The molecule has 0 saturated carbocycles. The summed E-state index contributed by atoms with van der Waals surface area (Å²) < 4.78 is 0. The van der Waals surface area contributed by atoms with Crippen LogP contribution >= 0.6 is 11.8 Å². The maximum Gasteiger partial charge on any atom is 0.326 e. The Kier molecular flexibility index (Phi) is 7.05. The third kappa shape index (κ3) is 4.79. The highest BCUT2D eigenvalue weighted by Crippen LogP contribution is 2.35. The molecule has 0 radical (unpaired) electrons. The van der Waals surface area contributed by atoms with Crippen LogP contribution in [0, 0.1) is 0 Å². The van der Waals surface area contributed by atoms with Gasteiger partial charge in [-0.05, 0) is 18.4 Å². The molecule has 0 bridgehead atoms. The van der Waals surface area contributed by atoms with Gasteiger partial charge in [0.15, 0.2) is 10.9 Å². The second kappa shape index (κ2) is 9.71. The summed E-state index contributed by atoms with van der Waals surface area (Å²) in [6.45, 7) is 1.68. The predicted octanol–water partition coefficient (Wildman–Crippen LogP) is 3.38. The number of nitrogens with zero attached hydrogens (tertiary/aromatic N) is 1. The number of ketones is 1. The van der Waals surface area contributed by atoms with Gasteiger partial charge in [0.2, 0.25) is 5.91 Å². The van der Waals surface area contributed by atoms with Crippen LogP contribution in [0.2, 0.25) is 0 Å². The summed E-state index contributed by atoms with van der Waals surface area (Å²) in [5, 5.41) is 8.26. The highest BCUT2D eigenvalue weighted by atomic mass is 32.2. The van der Waals surface area contributed by atoms with E-state index in [1.165, 1.54) is 11.8 Å². The number of carbonyl (C=O) groups excluding carboxylic acids is 3. The number of hydrogen-bond acceptors (Lipinski definition) is 5. The number of amides is 1. The van der Waals surface area contributed by atoms with Crippen molar-refractivity contribution < 1.29 is 24.3 Å². The summed E-state index contributed by atoms with van der Waals surface area (Å²) in [6, 6.07) is 16.4. The number of likely N-dealkylation sites (tertiary alicyclic amines) is 1. The van der Waals surface area contributed by atoms with Gasteiger partial charge in [0.05, 0.1) is 11.2 Å². The topological polar surface area (TPSA) is 91.8 Å². The normalized spacial score (nSPS) is 17.9. The van der Waals surface area contributed by atoms with Crippen LogP contribution in [-0.4, -0.2) is 50.6 Å². The fourth-order valence-corrected chi connectivity index (χ4v) is 4.80. The number of hydrogen-bond donors (Lipinski definition) is 1. The Balaban J connectivity index is 2.06. The van der Waals surface area contributed by atoms with E-state index in [0.29, 0.717) is 30.5 Å². The Morgan fingerprint density at radius 3 is 2.17 bits per heavy atom. The van der Waals surface area contributed by atoms with Crippen LogP contribution in [0.1, 0.15) is 41.6 Å². The second-order valence-electron chi connectivity index (χ2n) is 7.18. The smallest absolute Gasteiger partial charge is 0.326 e. The van der Waals surface area contributed by atoms with E-state index in [0.717, 1.165) is 11.8 Å². The van der Waals surface area contributed by atoms with Crippen LogP contribution in [0.25, 0.3) is 0 Å². The van der Waals surface area contributed by atoms with Crippen molar-refractivity contribution in [3.05, 3.63) is 71.8 Å². The number of Topliss-reactive ketones (excluding diaryl/α,β-unsaturated/α-hetero) is 1. The largest absolute Gasteiger partial charge is 0.480 e. The Hall–Kier alpha value is -2.93. The van der Waals surface area contributed by atoms with Crippen molar-refractivity contribution in [2.24, 2.45) is 0 Å². The molecule has 1 N–H and O–H groups in total. The molecule has 7 heteroatoms. The second-order valence-corrected chi connectivity index (χ2v) is 8.50. The molecule has 0 spiro atoms. The molecule has 0 aromatic heterocycles. The maximum absolute atomic E-state index is 13.6. The Labute approximate surface area is 179 Å². The molecule has 2 unspecified atom stereocenters. The molecule has 2 aromatic carbocycles. The van der Waals surface area contributed by atoms with Gasteiger partial charge in [0.25, 0.3) is 0 Å². The minimum absolute atomic E-state index is 0.283. The van der Waals surface area contributed by atoms with Crippen molar-refractivity contribution in [2.75, 3.05) is 6.54 Å². The average molecular weight is 426 g/mol. The van der Waals surface area contributed by atoms with Crippen molar-refractivity contribution in [1.29, 1.82) is 0 Å². The average Bonchev–Trinajstić information content (AvgIpc) is 3.24. The molecule has 0 aliphatic carbocycles. The number of benzene rings is 2. The number of carboxylic acids is 1. The van der Waals surface area contributed by atoms with E-state index >= 15 is 0 Å². The summed E-state index contributed by atoms with van der Waals surface area (Å²) >= 11 is 0.819. The van der Waals surface area contributed by atoms with Crippen LogP contribution < -0.4 is 0 Å².